The number of para-hydroxylation sites is 2. The van der Waals surface area contributed by atoms with Crippen LogP contribution >= 0.6 is 0 Å². The van der Waals surface area contributed by atoms with E-state index in [0.29, 0.717) is 0 Å². The Hall–Kier alpha value is -2.94. The van der Waals surface area contributed by atoms with Gasteiger partial charge in [-0.05, 0) is 18.2 Å². The molecule has 0 saturated carbocycles. The average Bonchev–Trinajstić information content (AvgIpc) is 2.46. The Morgan fingerprint density at radius 3 is 2.23 bits per heavy atom. The first-order valence-corrected chi connectivity index (χ1v) is 6.08. The molecule has 0 saturated heterocycles. The van der Waals surface area contributed by atoms with Gasteiger partial charge in [0.25, 0.3) is 0 Å². The molecule has 0 fully saturated rings. The number of nitrogens with zero attached hydrogens (tertiary/aromatic N) is 1. The standard InChI is InChI=1S/C14H9NO7/c16-13(17)7-3-2-6-10-11(7)15(20,21)9-5-1-4-8(14(18)19)12(9)22-10/h1-6,20H,(H,16,17)(H,18,19). The molecule has 2 aromatic rings. The number of hydrogen-bond acceptors (Lipinski definition) is 5. The number of fused-ring (bicyclic) bond motifs is 2. The highest BCUT2D eigenvalue weighted by atomic mass is 16.8. The van der Waals surface area contributed by atoms with E-state index in [1.54, 1.807) is 0 Å². The molecule has 1 aliphatic rings. The van der Waals surface area contributed by atoms with Gasteiger partial charge in [0.2, 0.25) is 17.1 Å². The van der Waals surface area contributed by atoms with Crippen molar-refractivity contribution < 1.29 is 29.7 Å². The quantitative estimate of drug-likeness (QED) is 0.574. The first-order valence-electron chi connectivity index (χ1n) is 6.08. The maximum Gasteiger partial charge on any atom is 0.342 e. The van der Waals surface area contributed by atoms with Gasteiger partial charge in [-0.1, -0.05) is 12.1 Å². The smallest absolute Gasteiger partial charge is 0.342 e. The van der Waals surface area contributed by atoms with E-state index in [-0.39, 0.29) is 17.1 Å². The fraction of sp³-hybridized carbons (Fsp3) is 0. The molecule has 3 rings (SSSR count). The number of carboxylic acid groups (broad SMARTS) is 2. The van der Waals surface area contributed by atoms with Gasteiger partial charge in [0.15, 0.2) is 5.75 Å². The predicted octanol–water partition coefficient (Wildman–Crippen LogP) is 2.71. The van der Waals surface area contributed by atoms with Crippen molar-refractivity contribution in [2.75, 3.05) is 0 Å². The minimum Gasteiger partial charge on any atom is -0.588 e. The summed E-state index contributed by atoms with van der Waals surface area (Å²) in [4.78, 5) is 20.3. The molecule has 8 nitrogen and oxygen atoms in total. The summed E-state index contributed by atoms with van der Waals surface area (Å²) in [6.45, 7) is 0. The zero-order valence-electron chi connectivity index (χ0n) is 10.9. The summed E-state index contributed by atoms with van der Waals surface area (Å²) in [6, 6.07) is 7.42. The molecule has 0 spiro atoms. The molecule has 112 valence electrons. The first kappa shape index (κ1) is 14.0. The number of rotatable bonds is 2. The Labute approximate surface area is 123 Å². The van der Waals surface area contributed by atoms with Crippen LogP contribution in [0.2, 0.25) is 0 Å². The van der Waals surface area contributed by atoms with E-state index in [1.165, 1.54) is 30.3 Å². The van der Waals surface area contributed by atoms with Crippen LogP contribution in [0.5, 0.6) is 11.5 Å². The number of benzene rings is 2. The van der Waals surface area contributed by atoms with Gasteiger partial charge in [0, 0.05) is 6.07 Å². The molecular weight excluding hydrogens is 294 g/mol. The Balaban J connectivity index is 2.33. The van der Waals surface area contributed by atoms with Crippen molar-refractivity contribution in [1.82, 2.24) is 4.81 Å². The van der Waals surface area contributed by atoms with Crippen molar-refractivity contribution in [1.29, 1.82) is 0 Å². The van der Waals surface area contributed by atoms with Crippen molar-refractivity contribution in [3.63, 3.8) is 0 Å². The van der Waals surface area contributed by atoms with Crippen LogP contribution in [0.15, 0.2) is 36.4 Å². The molecule has 8 heteroatoms. The van der Waals surface area contributed by atoms with Crippen molar-refractivity contribution in [3.05, 3.63) is 52.7 Å². The fourth-order valence-corrected chi connectivity index (χ4v) is 2.36. The Bertz CT molecular complexity index is 813. The summed E-state index contributed by atoms with van der Waals surface area (Å²) in [5.41, 5.74) is -1.65. The zero-order valence-corrected chi connectivity index (χ0v) is 10.9. The third-order valence-electron chi connectivity index (χ3n) is 3.30. The van der Waals surface area contributed by atoms with Gasteiger partial charge in [-0.15, -0.1) is 4.81 Å². The maximum absolute atomic E-state index is 12.6. The van der Waals surface area contributed by atoms with Gasteiger partial charge < -0.3 is 20.2 Å². The molecule has 2 aromatic carbocycles. The van der Waals surface area contributed by atoms with Crippen molar-refractivity contribution in [2.24, 2.45) is 0 Å². The molecule has 1 aliphatic heterocycles. The topological polar surface area (TPSA) is 127 Å². The molecule has 0 bridgehead atoms. The van der Waals surface area contributed by atoms with Crippen LogP contribution in [0.3, 0.4) is 0 Å². The number of carboxylic acids is 2. The normalized spacial score (nSPS) is 18.8. The Morgan fingerprint density at radius 1 is 1.00 bits per heavy atom. The van der Waals surface area contributed by atoms with Crippen molar-refractivity contribution in [3.8, 4) is 11.5 Å². The molecular formula is C14H9NO7. The third kappa shape index (κ3) is 1.83. The van der Waals surface area contributed by atoms with E-state index in [2.05, 4.69) is 0 Å². The molecule has 1 heterocycles. The van der Waals surface area contributed by atoms with Gasteiger partial charge in [0.1, 0.15) is 11.1 Å². The lowest BCUT2D eigenvalue weighted by atomic mass is 10.1. The van der Waals surface area contributed by atoms with E-state index in [0.717, 1.165) is 6.07 Å². The molecule has 0 radical (unpaired) electrons. The highest BCUT2D eigenvalue weighted by molar-refractivity contribution is 5.99. The van der Waals surface area contributed by atoms with E-state index in [9.17, 15) is 20.0 Å². The van der Waals surface area contributed by atoms with Crippen LogP contribution in [0, 0.1) is 5.21 Å². The van der Waals surface area contributed by atoms with Gasteiger partial charge >= 0.3 is 11.9 Å². The van der Waals surface area contributed by atoms with E-state index in [1.807, 2.05) is 0 Å². The minimum atomic E-state index is -2.16. The lowest BCUT2D eigenvalue weighted by Gasteiger charge is -2.38. The highest BCUT2D eigenvalue weighted by Crippen LogP contribution is 2.52. The molecule has 0 amide bonds. The number of quaternary nitrogens is 1. The Morgan fingerprint density at radius 2 is 1.59 bits per heavy atom. The average molecular weight is 303 g/mol. The predicted molar refractivity (Wildman–Crippen MR) is 73.5 cm³/mol. The van der Waals surface area contributed by atoms with Crippen LogP contribution < -0.4 is 9.55 Å². The number of hydrogen-bond donors (Lipinski definition) is 3. The molecule has 0 aliphatic carbocycles. The SMILES string of the molecule is O=C(O)c1cccc2c1Oc1cccc(C(=O)O)c1[N+]2([O-])O. The van der Waals surface area contributed by atoms with E-state index >= 15 is 0 Å². The Kier molecular flexibility index (Phi) is 2.89. The molecule has 1 unspecified atom stereocenters. The van der Waals surface area contributed by atoms with E-state index < -0.39 is 33.7 Å². The fourth-order valence-electron chi connectivity index (χ4n) is 2.36. The minimum absolute atomic E-state index is 0.210. The lowest BCUT2D eigenvalue weighted by molar-refractivity contribution is 0.0177. The van der Waals surface area contributed by atoms with Gasteiger partial charge in [-0.2, -0.15) is 0 Å². The monoisotopic (exact) mass is 303 g/mol. The lowest BCUT2D eigenvalue weighted by Crippen LogP contribution is -2.37. The largest absolute Gasteiger partial charge is 0.588 e. The van der Waals surface area contributed by atoms with Gasteiger partial charge in [-0.3, -0.25) is 0 Å². The molecule has 3 N–H and O–H groups in total. The summed E-state index contributed by atoms with van der Waals surface area (Å²) in [5, 5.41) is 41.2. The second-order valence-corrected chi connectivity index (χ2v) is 4.59. The third-order valence-corrected chi connectivity index (χ3v) is 3.30. The van der Waals surface area contributed by atoms with Crippen molar-refractivity contribution in [2.45, 2.75) is 0 Å². The van der Waals surface area contributed by atoms with Crippen LogP contribution in [0.4, 0.5) is 11.4 Å². The second-order valence-electron chi connectivity index (χ2n) is 4.59. The maximum atomic E-state index is 12.6. The highest BCUT2D eigenvalue weighted by Gasteiger charge is 2.41. The summed E-state index contributed by atoms with van der Waals surface area (Å²) < 4.78 is 5.38. The van der Waals surface area contributed by atoms with Crippen LogP contribution in [0.1, 0.15) is 20.7 Å². The van der Waals surface area contributed by atoms with E-state index in [4.69, 9.17) is 14.9 Å². The molecule has 1 atom stereocenters. The summed E-state index contributed by atoms with van der Waals surface area (Å²) >= 11 is 0. The molecule has 22 heavy (non-hydrogen) atoms. The summed E-state index contributed by atoms with van der Waals surface area (Å²) in [7, 11) is 0. The summed E-state index contributed by atoms with van der Waals surface area (Å²) in [6.07, 6.45) is 0. The van der Waals surface area contributed by atoms with Gasteiger partial charge in [-0.25, -0.2) is 14.8 Å². The number of aromatic carboxylic acids is 2. The van der Waals surface area contributed by atoms with Gasteiger partial charge in [0.05, 0.1) is 0 Å². The number of ether oxygens (including phenoxy) is 1. The first-order chi connectivity index (χ1) is 10.3. The molecule has 0 aromatic heterocycles. The van der Waals surface area contributed by atoms with Crippen molar-refractivity contribution >= 4 is 23.3 Å². The summed E-state index contributed by atoms with van der Waals surface area (Å²) in [5.74, 6) is -3.28. The number of carbonyl (C=O) groups is 2. The van der Waals surface area contributed by atoms with Crippen LogP contribution in [0.25, 0.3) is 0 Å². The van der Waals surface area contributed by atoms with Crippen LogP contribution in [-0.2, 0) is 0 Å². The second kappa shape index (κ2) is 4.53. The van der Waals surface area contributed by atoms with Crippen LogP contribution in [-0.4, -0.2) is 27.4 Å². The zero-order chi connectivity index (χ0) is 16.1.